The lowest BCUT2D eigenvalue weighted by molar-refractivity contribution is -0.177. The molecule has 8 heteroatoms. The third-order valence-corrected chi connectivity index (χ3v) is 6.41. The third-order valence-electron chi connectivity index (χ3n) is 4.49. The number of halogens is 3. The molecular formula is C19H20F3NO3S. The molecule has 2 aromatic carbocycles. The molecular weight excluding hydrogens is 379 g/mol. The summed E-state index contributed by atoms with van der Waals surface area (Å²) in [6.07, 6.45) is -4.02. The van der Waals surface area contributed by atoms with Crippen LogP contribution in [0, 0.1) is 6.92 Å². The average Bonchev–Trinajstić information content (AvgIpc) is 2.61. The van der Waals surface area contributed by atoms with E-state index in [-0.39, 0.29) is 17.9 Å². The number of rotatable bonds is 4. The first kappa shape index (κ1) is 19.7. The fourth-order valence-corrected chi connectivity index (χ4v) is 4.83. The van der Waals surface area contributed by atoms with Crippen LogP contribution in [0.5, 0.6) is 11.5 Å². The van der Waals surface area contributed by atoms with Crippen LogP contribution < -0.4 is 4.74 Å². The van der Waals surface area contributed by atoms with Crippen molar-refractivity contribution in [1.29, 1.82) is 0 Å². The van der Waals surface area contributed by atoms with Gasteiger partial charge in [-0.25, -0.2) is 8.42 Å². The van der Waals surface area contributed by atoms with Crippen LogP contribution >= 0.6 is 0 Å². The first-order chi connectivity index (χ1) is 12.7. The summed E-state index contributed by atoms with van der Waals surface area (Å²) in [5.74, 6) is 1.00. The Labute approximate surface area is 156 Å². The molecule has 27 heavy (non-hydrogen) atoms. The lowest BCUT2D eigenvalue weighted by Gasteiger charge is -2.35. The predicted molar refractivity (Wildman–Crippen MR) is 95.3 cm³/mol. The van der Waals surface area contributed by atoms with E-state index in [1.165, 1.54) is 24.3 Å². The normalized spacial score (nSPS) is 19.0. The van der Waals surface area contributed by atoms with Gasteiger partial charge in [0.05, 0.1) is 4.90 Å². The van der Waals surface area contributed by atoms with Crippen molar-refractivity contribution in [1.82, 2.24) is 4.31 Å². The third kappa shape index (κ3) is 4.44. The second-order valence-corrected chi connectivity index (χ2v) is 8.45. The zero-order valence-electron chi connectivity index (χ0n) is 14.7. The summed E-state index contributed by atoms with van der Waals surface area (Å²) in [6.45, 7) is 1.78. The quantitative estimate of drug-likeness (QED) is 0.735. The Morgan fingerprint density at radius 2 is 1.74 bits per heavy atom. The van der Waals surface area contributed by atoms with Crippen LogP contribution in [0.15, 0.2) is 53.4 Å². The van der Waals surface area contributed by atoms with Crippen LogP contribution in [0.1, 0.15) is 24.8 Å². The molecule has 0 aliphatic carbocycles. The number of sulfonamides is 1. The van der Waals surface area contributed by atoms with Crippen molar-refractivity contribution >= 4 is 10.0 Å². The highest BCUT2D eigenvalue weighted by Crippen LogP contribution is 2.35. The van der Waals surface area contributed by atoms with Crippen LogP contribution in [0.4, 0.5) is 13.2 Å². The standard InChI is InChI=1S/C19H20F3NO3S/c1-14-5-4-6-16(13-14)26-15-8-10-17(11-9-15)27(24,25)23-12-3-2-7-18(23)19(20,21)22/h4-6,8-11,13,18H,2-3,7,12H2,1H3. The highest BCUT2D eigenvalue weighted by molar-refractivity contribution is 7.89. The van der Waals surface area contributed by atoms with Crippen molar-refractivity contribution in [3.63, 3.8) is 0 Å². The maximum absolute atomic E-state index is 13.3. The minimum absolute atomic E-state index is 0.131. The van der Waals surface area contributed by atoms with Gasteiger partial charge in [-0.2, -0.15) is 17.5 Å². The Morgan fingerprint density at radius 3 is 2.37 bits per heavy atom. The summed E-state index contributed by atoms with van der Waals surface area (Å²) < 4.78 is 71.5. The number of benzene rings is 2. The maximum atomic E-state index is 13.3. The van der Waals surface area contributed by atoms with E-state index in [2.05, 4.69) is 0 Å². The minimum atomic E-state index is -4.58. The summed E-state index contributed by atoms with van der Waals surface area (Å²) in [4.78, 5) is -0.171. The van der Waals surface area contributed by atoms with E-state index in [4.69, 9.17) is 4.74 Å². The molecule has 0 amide bonds. The Bertz CT molecular complexity index is 895. The van der Waals surface area contributed by atoms with Crippen molar-refractivity contribution in [2.45, 2.75) is 43.3 Å². The van der Waals surface area contributed by atoms with Crippen molar-refractivity contribution in [2.24, 2.45) is 0 Å². The van der Waals surface area contributed by atoms with Gasteiger partial charge in [-0.15, -0.1) is 0 Å². The van der Waals surface area contributed by atoms with Gasteiger partial charge in [-0.3, -0.25) is 0 Å². The summed E-state index contributed by atoms with van der Waals surface area (Å²) in [5, 5.41) is 0. The molecule has 1 aliphatic rings. The van der Waals surface area contributed by atoms with E-state index in [1.54, 1.807) is 6.07 Å². The van der Waals surface area contributed by atoms with Crippen LogP contribution in [0.3, 0.4) is 0 Å². The van der Waals surface area contributed by atoms with Gasteiger partial charge in [0.2, 0.25) is 10.0 Å². The first-order valence-electron chi connectivity index (χ1n) is 8.61. The van der Waals surface area contributed by atoms with Crippen LogP contribution in [-0.4, -0.2) is 31.5 Å². The van der Waals surface area contributed by atoms with Crippen LogP contribution in [0.25, 0.3) is 0 Å². The Morgan fingerprint density at radius 1 is 1.04 bits per heavy atom. The van der Waals surface area contributed by atoms with E-state index in [0.29, 0.717) is 28.6 Å². The molecule has 3 rings (SSSR count). The number of hydrogen-bond donors (Lipinski definition) is 0. The lowest BCUT2D eigenvalue weighted by Crippen LogP contribution is -2.51. The Balaban J connectivity index is 1.82. The van der Waals surface area contributed by atoms with Crippen molar-refractivity contribution in [3.8, 4) is 11.5 Å². The molecule has 1 saturated heterocycles. The van der Waals surface area contributed by atoms with Gasteiger partial charge in [-0.1, -0.05) is 18.6 Å². The molecule has 0 N–H and O–H groups in total. The van der Waals surface area contributed by atoms with Gasteiger partial charge in [0.25, 0.3) is 0 Å². The van der Waals surface area contributed by atoms with E-state index < -0.39 is 22.2 Å². The number of alkyl halides is 3. The molecule has 0 bridgehead atoms. The van der Waals surface area contributed by atoms with Crippen LogP contribution in [-0.2, 0) is 10.0 Å². The molecule has 1 atom stereocenters. The zero-order chi connectivity index (χ0) is 19.7. The maximum Gasteiger partial charge on any atom is 0.405 e. The van der Waals surface area contributed by atoms with Gasteiger partial charge in [0.15, 0.2) is 0 Å². The van der Waals surface area contributed by atoms with Gasteiger partial charge in [0.1, 0.15) is 17.5 Å². The number of nitrogens with zero attached hydrogens (tertiary/aromatic N) is 1. The molecule has 1 unspecified atom stereocenters. The summed E-state index contributed by atoms with van der Waals surface area (Å²) >= 11 is 0. The molecule has 0 aromatic heterocycles. The second-order valence-electron chi connectivity index (χ2n) is 6.56. The topological polar surface area (TPSA) is 46.6 Å². The fraction of sp³-hybridized carbons (Fsp3) is 0.368. The van der Waals surface area contributed by atoms with E-state index in [9.17, 15) is 21.6 Å². The van der Waals surface area contributed by atoms with Crippen molar-refractivity contribution in [3.05, 3.63) is 54.1 Å². The highest BCUT2D eigenvalue weighted by Gasteiger charge is 2.48. The zero-order valence-corrected chi connectivity index (χ0v) is 15.6. The summed E-state index contributed by atoms with van der Waals surface area (Å²) in [5.41, 5.74) is 1.01. The number of aryl methyl sites for hydroxylation is 1. The van der Waals surface area contributed by atoms with Gasteiger partial charge < -0.3 is 4.74 Å². The monoisotopic (exact) mass is 399 g/mol. The molecule has 0 spiro atoms. The summed E-state index contributed by atoms with van der Waals surface area (Å²) in [6, 6.07) is 10.8. The molecule has 2 aromatic rings. The van der Waals surface area contributed by atoms with Crippen LogP contribution in [0.2, 0.25) is 0 Å². The van der Waals surface area contributed by atoms with Gasteiger partial charge >= 0.3 is 6.18 Å². The van der Waals surface area contributed by atoms with Crippen molar-refractivity contribution < 1.29 is 26.3 Å². The largest absolute Gasteiger partial charge is 0.457 e. The molecule has 0 saturated carbocycles. The molecule has 4 nitrogen and oxygen atoms in total. The second kappa shape index (κ2) is 7.52. The van der Waals surface area contributed by atoms with E-state index >= 15 is 0 Å². The summed E-state index contributed by atoms with van der Waals surface area (Å²) in [7, 11) is -4.23. The van der Waals surface area contributed by atoms with Gasteiger partial charge in [0, 0.05) is 6.54 Å². The fourth-order valence-electron chi connectivity index (χ4n) is 3.15. The van der Waals surface area contributed by atoms with Gasteiger partial charge in [-0.05, 0) is 61.7 Å². The molecule has 1 aliphatic heterocycles. The predicted octanol–water partition coefficient (Wildman–Crippen LogP) is 4.89. The minimum Gasteiger partial charge on any atom is -0.457 e. The van der Waals surface area contributed by atoms with Crippen molar-refractivity contribution in [2.75, 3.05) is 6.54 Å². The smallest absolute Gasteiger partial charge is 0.405 e. The molecule has 0 radical (unpaired) electrons. The molecule has 146 valence electrons. The lowest BCUT2D eigenvalue weighted by atomic mass is 10.0. The number of ether oxygens (including phenoxy) is 1. The number of piperidine rings is 1. The number of hydrogen-bond acceptors (Lipinski definition) is 3. The molecule has 1 heterocycles. The Kier molecular flexibility index (Phi) is 5.48. The first-order valence-corrected chi connectivity index (χ1v) is 10.0. The SMILES string of the molecule is Cc1cccc(Oc2ccc(S(=O)(=O)N3CCCCC3C(F)(F)F)cc2)c1. The molecule has 1 fully saturated rings. The Hall–Kier alpha value is -2.06. The van der Waals surface area contributed by atoms with E-state index in [0.717, 1.165) is 5.56 Å². The average molecular weight is 399 g/mol. The van der Waals surface area contributed by atoms with E-state index in [1.807, 2.05) is 25.1 Å². The highest BCUT2D eigenvalue weighted by atomic mass is 32.2.